The summed E-state index contributed by atoms with van der Waals surface area (Å²) in [6.45, 7) is 1.85. The smallest absolute Gasteiger partial charge is 0.337 e. The van der Waals surface area contributed by atoms with Gasteiger partial charge in [-0.1, -0.05) is 30.7 Å². The van der Waals surface area contributed by atoms with Crippen molar-refractivity contribution in [2.45, 2.75) is 18.4 Å². The maximum absolute atomic E-state index is 13.3. The van der Waals surface area contributed by atoms with Gasteiger partial charge >= 0.3 is 5.97 Å². The summed E-state index contributed by atoms with van der Waals surface area (Å²) in [5.41, 5.74) is 0.673. The number of rotatable bonds is 6. The quantitative estimate of drug-likeness (QED) is 0.714. The van der Waals surface area contributed by atoms with Crippen molar-refractivity contribution < 1.29 is 22.3 Å². The van der Waals surface area contributed by atoms with Crippen molar-refractivity contribution in [1.82, 2.24) is 4.31 Å². The number of sulfonamides is 1. The number of esters is 1. The molecule has 25 heavy (non-hydrogen) atoms. The zero-order valence-electron chi connectivity index (χ0n) is 13.7. The Kier molecular flexibility index (Phi) is 6.16. The number of benzene rings is 2. The van der Waals surface area contributed by atoms with Crippen molar-refractivity contribution >= 4 is 27.6 Å². The predicted molar refractivity (Wildman–Crippen MR) is 92.5 cm³/mol. The summed E-state index contributed by atoms with van der Waals surface area (Å²) < 4.78 is 44.8. The van der Waals surface area contributed by atoms with Gasteiger partial charge in [-0.05, 0) is 35.9 Å². The Bertz CT molecular complexity index is 886. The van der Waals surface area contributed by atoms with E-state index in [1.807, 2.05) is 0 Å². The van der Waals surface area contributed by atoms with Crippen LogP contribution in [0.15, 0.2) is 47.4 Å². The second-order valence-corrected chi connectivity index (χ2v) is 7.51. The maximum Gasteiger partial charge on any atom is 0.337 e. The molecule has 0 spiro atoms. The lowest BCUT2D eigenvalue weighted by Crippen LogP contribution is -2.30. The number of halogens is 2. The third-order valence-electron chi connectivity index (χ3n) is 3.57. The molecule has 0 unspecified atom stereocenters. The first-order valence-corrected chi connectivity index (χ1v) is 9.24. The number of hydrogen-bond donors (Lipinski definition) is 0. The zero-order chi connectivity index (χ0) is 18.6. The number of hydrogen-bond acceptors (Lipinski definition) is 4. The van der Waals surface area contributed by atoms with E-state index in [1.54, 1.807) is 13.0 Å². The zero-order valence-corrected chi connectivity index (χ0v) is 15.3. The van der Waals surface area contributed by atoms with Gasteiger partial charge in [0.25, 0.3) is 0 Å². The lowest BCUT2D eigenvalue weighted by atomic mass is 10.2. The topological polar surface area (TPSA) is 63.7 Å². The van der Waals surface area contributed by atoms with Crippen molar-refractivity contribution in [3.8, 4) is 0 Å². The molecular formula is C17H17ClFNO4S. The average Bonchev–Trinajstić information content (AvgIpc) is 2.58. The third kappa shape index (κ3) is 4.36. The van der Waals surface area contributed by atoms with E-state index in [2.05, 4.69) is 4.74 Å². The van der Waals surface area contributed by atoms with Gasteiger partial charge in [-0.3, -0.25) is 0 Å². The highest BCUT2D eigenvalue weighted by atomic mass is 35.5. The Labute approximate surface area is 151 Å². The first-order chi connectivity index (χ1) is 11.8. The van der Waals surface area contributed by atoms with E-state index in [0.717, 1.165) is 0 Å². The maximum atomic E-state index is 13.3. The van der Waals surface area contributed by atoms with Crippen LogP contribution >= 0.6 is 11.6 Å². The molecule has 0 saturated heterocycles. The fraction of sp³-hybridized carbons (Fsp3) is 0.235. The molecule has 0 amide bonds. The fourth-order valence-electron chi connectivity index (χ4n) is 2.30. The van der Waals surface area contributed by atoms with Gasteiger partial charge in [0.2, 0.25) is 10.0 Å². The predicted octanol–water partition coefficient (Wildman–Crippen LogP) is 3.48. The molecule has 8 heteroatoms. The Hall–Kier alpha value is -1.96. The van der Waals surface area contributed by atoms with Gasteiger partial charge < -0.3 is 4.74 Å². The van der Waals surface area contributed by atoms with E-state index in [1.165, 1.54) is 47.8 Å². The van der Waals surface area contributed by atoms with E-state index in [0.29, 0.717) is 5.56 Å². The van der Waals surface area contributed by atoms with E-state index in [-0.39, 0.29) is 28.6 Å². The molecule has 0 radical (unpaired) electrons. The highest BCUT2D eigenvalue weighted by Crippen LogP contribution is 2.27. The van der Waals surface area contributed by atoms with Crippen LogP contribution in [0.3, 0.4) is 0 Å². The van der Waals surface area contributed by atoms with Crippen LogP contribution in [-0.4, -0.2) is 32.3 Å². The van der Waals surface area contributed by atoms with Crippen molar-refractivity contribution in [2.24, 2.45) is 0 Å². The van der Waals surface area contributed by atoms with Crippen LogP contribution in [0.25, 0.3) is 0 Å². The molecular weight excluding hydrogens is 369 g/mol. The van der Waals surface area contributed by atoms with Gasteiger partial charge in [0, 0.05) is 13.1 Å². The van der Waals surface area contributed by atoms with Crippen LogP contribution in [0.4, 0.5) is 4.39 Å². The molecule has 2 aromatic rings. The van der Waals surface area contributed by atoms with Crippen LogP contribution in [0, 0.1) is 5.82 Å². The highest BCUT2D eigenvalue weighted by molar-refractivity contribution is 7.89. The third-order valence-corrected chi connectivity index (χ3v) is 5.98. The summed E-state index contributed by atoms with van der Waals surface area (Å²) in [6, 6.07) is 9.57. The van der Waals surface area contributed by atoms with Crippen molar-refractivity contribution in [2.75, 3.05) is 13.7 Å². The summed E-state index contributed by atoms with van der Waals surface area (Å²) in [5, 5.41) is -0.0828. The molecule has 2 rings (SSSR count). The number of ether oxygens (including phenoxy) is 1. The minimum absolute atomic E-state index is 0.00563. The van der Waals surface area contributed by atoms with Crippen LogP contribution in [0.5, 0.6) is 0 Å². The summed E-state index contributed by atoms with van der Waals surface area (Å²) in [4.78, 5) is 11.4. The van der Waals surface area contributed by atoms with Crippen molar-refractivity contribution in [1.29, 1.82) is 0 Å². The van der Waals surface area contributed by atoms with Crippen LogP contribution < -0.4 is 0 Å². The first kappa shape index (κ1) is 19.4. The summed E-state index contributed by atoms with van der Waals surface area (Å²) in [7, 11) is -2.69. The Morgan fingerprint density at radius 3 is 2.52 bits per heavy atom. The SMILES string of the molecule is CCN(Cc1cccc(F)c1)S(=O)(=O)c1ccc(C(=O)OC)cc1Cl. The molecule has 0 aliphatic carbocycles. The largest absolute Gasteiger partial charge is 0.465 e. The minimum Gasteiger partial charge on any atom is -0.465 e. The molecule has 0 aliphatic rings. The summed E-state index contributed by atoms with van der Waals surface area (Å²) >= 11 is 6.07. The van der Waals surface area contributed by atoms with E-state index in [4.69, 9.17) is 11.6 Å². The second-order valence-electron chi connectivity index (χ2n) is 5.20. The number of carbonyl (C=O) groups excluding carboxylic acids is 1. The molecule has 0 saturated carbocycles. The Morgan fingerprint density at radius 1 is 1.24 bits per heavy atom. The Morgan fingerprint density at radius 2 is 1.96 bits per heavy atom. The van der Waals surface area contributed by atoms with Gasteiger partial charge in [-0.2, -0.15) is 4.31 Å². The van der Waals surface area contributed by atoms with Crippen molar-refractivity contribution in [3.05, 3.63) is 64.4 Å². The molecule has 0 aromatic heterocycles. The first-order valence-electron chi connectivity index (χ1n) is 7.42. The molecule has 0 N–H and O–H groups in total. The summed E-state index contributed by atoms with van der Waals surface area (Å²) in [6.07, 6.45) is 0. The molecule has 134 valence electrons. The number of carbonyl (C=O) groups is 1. The van der Waals surface area contributed by atoms with Gasteiger partial charge in [0.1, 0.15) is 10.7 Å². The van der Waals surface area contributed by atoms with Gasteiger partial charge in [-0.15, -0.1) is 0 Å². The van der Waals surface area contributed by atoms with Crippen LogP contribution in [0.2, 0.25) is 5.02 Å². The standard InChI is InChI=1S/C17H17ClFNO4S/c1-3-20(11-12-5-4-6-14(19)9-12)25(22,23)16-8-7-13(10-15(16)18)17(21)24-2/h4-10H,3,11H2,1-2H3. The average molecular weight is 386 g/mol. The lowest BCUT2D eigenvalue weighted by Gasteiger charge is -2.21. The fourth-order valence-corrected chi connectivity index (χ4v) is 4.26. The van der Waals surface area contributed by atoms with Gasteiger partial charge in [-0.25, -0.2) is 17.6 Å². The molecule has 0 atom stereocenters. The van der Waals surface area contributed by atoms with E-state index < -0.39 is 21.8 Å². The molecule has 2 aromatic carbocycles. The molecule has 0 heterocycles. The molecule has 0 fully saturated rings. The normalized spacial score (nSPS) is 11.6. The lowest BCUT2D eigenvalue weighted by molar-refractivity contribution is 0.0600. The minimum atomic E-state index is -3.92. The Balaban J connectivity index is 2.36. The molecule has 0 bridgehead atoms. The summed E-state index contributed by atoms with van der Waals surface area (Å²) in [5.74, 6) is -1.05. The van der Waals surface area contributed by atoms with E-state index in [9.17, 15) is 17.6 Å². The number of nitrogens with zero attached hydrogens (tertiary/aromatic N) is 1. The monoisotopic (exact) mass is 385 g/mol. The highest BCUT2D eigenvalue weighted by Gasteiger charge is 2.26. The van der Waals surface area contributed by atoms with E-state index >= 15 is 0 Å². The van der Waals surface area contributed by atoms with Crippen molar-refractivity contribution in [3.63, 3.8) is 0 Å². The second kappa shape index (κ2) is 7.95. The molecule has 0 aliphatic heterocycles. The van der Waals surface area contributed by atoms with Crippen LogP contribution in [0.1, 0.15) is 22.8 Å². The van der Waals surface area contributed by atoms with Crippen LogP contribution in [-0.2, 0) is 21.3 Å². The number of methoxy groups -OCH3 is 1. The van der Waals surface area contributed by atoms with Gasteiger partial charge in [0.05, 0.1) is 17.7 Å². The van der Waals surface area contributed by atoms with Gasteiger partial charge in [0.15, 0.2) is 0 Å². The molecule has 5 nitrogen and oxygen atoms in total.